The molecule has 2 aromatic rings. The normalized spacial score (nSPS) is 20.9. The van der Waals surface area contributed by atoms with Crippen LogP contribution in [-0.2, 0) is 11.2 Å². The lowest BCUT2D eigenvalue weighted by molar-refractivity contribution is 0.0158. The van der Waals surface area contributed by atoms with Crippen LogP contribution >= 0.6 is 0 Å². The predicted octanol–water partition coefficient (Wildman–Crippen LogP) is 2.38. The second-order valence-electron chi connectivity index (χ2n) is 4.70. The Morgan fingerprint density at radius 3 is 3.18 bits per heavy atom. The molecule has 1 atom stereocenters. The highest BCUT2D eigenvalue weighted by molar-refractivity contribution is 5.74. The first kappa shape index (κ1) is 10.7. The van der Waals surface area contributed by atoms with Gasteiger partial charge in [-0.1, -0.05) is 0 Å². The highest BCUT2D eigenvalue weighted by Crippen LogP contribution is 2.18. The Kier molecular flexibility index (Phi) is 2.81. The van der Waals surface area contributed by atoms with Crippen LogP contribution in [0.5, 0.6) is 0 Å². The second-order valence-corrected chi connectivity index (χ2v) is 4.70. The molecule has 0 spiro atoms. The number of pyridine rings is 1. The van der Waals surface area contributed by atoms with Crippen LogP contribution in [0.2, 0.25) is 0 Å². The van der Waals surface area contributed by atoms with Crippen molar-refractivity contribution < 1.29 is 4.74 Å². The standard InChI is InChI=1S/C13H17N3O/c1-9-5-6-14-13-12(9)15-11(16-13)8-10-4-2-3-7-17-10/h5-6,10H,2-4,7-8H2,1H3,(H,14,15,16). The van der Waals surface area contributed by atoms with E-state index in [1.165, 1.54) is 18.4 Å². The van der Waals surface area contributed by atoms with E-state index in [4.69, 9.17) is 4.74 Å². The molecule has 0 aliphatic carbocycles. The van der Waals surface area contributed by atoms with E-state index in [0.717, 1.165) is 36.4 Å². The van der Waals surface area contributed by atoms with Gasteiger partial charge < -0.3 is 9.72 Å². The molecular weight excluding hydrogens is 214 g/mol. The number of rotatable bonds is 2. The summed E-state index contributed by atoms with van der Waals surface area (Å²) in [7, 11) is 0. The zero-order chi connectivity index (χ0) is 11.7. The van der Waals surface area contributed by atoms with Gasteiger partial charge in [-0.15, -0.1) is 0 Å². The van der Waals surface area contributed by atoms with Gasteiger partial charge in [-0.25, -0.2) is 9.97 Å². The molecule has 0 saturated carbocycles. The van der Waals surface area contributed by atoms with Gasteiger partial charge in [0.05, 0.1) is 11.6 Å². The molecule has 0 radical (unpaired) electrons. The van der Waals surface area contributed by atoms with Gasteiger partial charge in [0.15, 0.2) is 5.65 Å². The minimum absolute atomic E-state index is 0.324. The van der Waals surface area contributed by atoms with Gasteiger partial charge in [0.2, 0.25) is 0 Å². The molecule has 1 N–H and O–H groups in total. The summed E-state index contributed by atoms with van der Waals surface area (Å²) in [6, 6.07) is 2.00. The number of ether oxygens (including phenoxy) is 1. The Morgan fingerprint density at radius 2 is 2.41 bits per heavy atom. The van der Waals surface area contributed by atoms with Gasteiger partial charge in [-0.2, -0.15) is 0 Å². The van der Waals surface area contributed by atoms with Crippen LogP contribution in [0.1, 0.15) is 30.7 Å². The highest BCUT2D eigenvalue weighted by Gasteiger charge is 2.16. The maximum absolute atomic E-state index is 5.73. The van der Waals surface area contributed by atoms with E-state index in [1.807, 2.05) is 6.07 Å². The monoisotopic (exact) mass is 231 g/mol. The Balaban J connectivity index is 1.83. The van der Waals surface area contributed by atoms with Crippen LogP contribution < -0.4 is 0 Å². The molecule has 1 aliphatic rings. The number of imidazole rings is 1. The number of fused-ring (bicyclic) bond motifs is 1. The molecule has 4 nitrogen and oxygen atoms in total. The Morgan fingerprint density at radius 1 is 1.47 bits per heavy atom. The van der Waals surface area contributed by atoms with Gasteiger partial charge in [0.1, 0.15) is 5.82 Å². The second kappa shape index (κ2) is 4.45. The molecule has 0 amide bonds. The maximum atomic E-state index is 5.73. The summed E-state index contributed by atoms with van der Waals surface area (Å²) in [5.41, 5.74) is 3.06. The number of aromatic amines is 1. The number of aromatic nitrogens is 3. The Labute approximate surface area is 100 Å². The molecule has 2 aromatic heterocycles. The van der Waals surface area contributed by atoms with Crippen LogP contribution in [-0.4, -0.2) is 27.7 Å². The summed E-state index contributed by atoms with van der Waals surface area (Å²) in [4.78, 5) is 12.2. The predicted molar refractivity (Wildman–Crippen MR) is 65.9 cm³/mol. The molecular formula is C13H17N3O. The first-order valence-electron chi connectivity index (χ1n) is 6.25. The van der Waals surface area contributed by atoms with Crippen LogP contribution in [0.4, 0.5) is 0 Å². The Hall–Kier alpha value is -1.42. The van der Waals surface area contributed by atoms with Gasteiger partial charge in [-0.3, -0.25) is 0 Å². The van der Waals surface area contributed by atoms with Crippen molar-refractivity contribution >= 4 is 11.2 Å². The molecule has 0 bridgehead atoms. The Bertz CT molecular complexity index is 514. The quantitative estimate of drug-likeness (QED) is 0.863. The lowest BCUT2D eigenvalue weighted by atomic mass is 10.1. The average molecular weight is 231 g/mol. The number of nitrogens with zero attached hydrogens (tertiary/aromatic N) is 2. The van der Waals surface area contributed by atoms with Gasteiger partial charge in [0.25, 0.3) is 0 Å². The fourth-order valence-corrected chi connectivity index (χ4v) is 2.36. The summed E-state index contributed by atoms with van der Waals surface area (Å²) < 4.78 is 5.73. The molecule has 0 aromatic carbocycles. The smallest absolute Gasteiger partial charge is 0.177 e. The number of H-pyrrole nitrogens is 1. The zero-order valence-electron chi connectivity index (χ0n) is 10.1. The van der Waals surface area contributed by atoms with Crippen molar-refractivity contribution in [1.29, 1.82) is 0 Å². The third kappa shape index (κ3) is 2.17. The van der Waals surface area contributed by atoms with Crippen molar-refractivity contribution in [2.24, 2.45) is 0 Å². The lowest BCUT2D eigenvalue weighted by Gasteiger charge is -2.21. The number of aryl methyl sites for hydroxylation is 1. The first-order chi connectivity index (χ1) is 8.33. The van der Waals surface area contributed by atoms with E-state index in [1.54, 1.807) is 6.20 Å². The van der Waals surface area contributed by atoms with Crippen molar-refractivity contribution in [2.45, 2.75) is 38.7 Å². The first-order valence-corrected chi connectivity index (χ1v) is 6.25. The van der Waals surface area contributed by atoms with Crippen LogP contribution in [0.15, 0.2) is 12.3 Å². The van der Waals surface area contributed by atoms with E-state index in [0.29, 0.717) is 6.10 Å². The van der Waals surface area contributed by atoms with Gasteiger partial charge in [-0.05, 0) is 37.8 Å². The average Bonchev–Trinajstić information content (AvgIpc) is 2.74. The van der Waals surface area contributed by atoms with E-state index in [-0.39, 0.29) is 0 Å². The molecule has 1 fully saturated rings. The van der Waals surface area contributed by atoms with E-state index >= 15 is 0 Å². The van der Waals surface area contributed by atoms with Crippen molar-refractivity contribution in [1.82, 2.24) is 15.0 Å². The van der Waals surface area contributed by atoms with Crippen molar-refractivity contribution in [3.8, 4) is 0 Å². The van der Waals surface area contributed by atoms with Crippen LogP contribution in [0, 0.1) is 6.92 Å². The molecule has 1 aliphatic heterocycles. The van der Waals surface area contributed by atoms with Crippen molar-refractivity contribution in [2.75, 3.05) is 6.61 Å². The number of nitrogens with one attached hydrogen (secondary N) is 1. The zero-order valence-corrected chi connectivity index (χ0v) is 10.1. The third-order valence-corrected chi connectivity index (χ3v) is 3.34. The van der Waals surface area contributed by atoms with E-state index < -0.39 is 0 Å². The van der Waals surface area contributed by atoms with Crippen molar-refractivity contribution in [3.05, 3.63) is 23.7 Å². The van der Waals surface area contributed by atoms with Crippen molar-refractivity contribution in [3.63, 3.8) is 0 Å². The minimum Gasteiger partial charge on any atom is -0.378 e. The highest BCUT2D eigenvalue weighted by atomic mass is 16.5. The summed E-state index contributed by atoms with van der Waals surface area (Å²) in [5, 5.41) is 0. The summed E-state index contributed by atoms with van der Waals surface area (Å²) in [6.45, 7) is 2.96. The summed E-state index contributed by atoms with van der Waals surface area (Å²) in [5.74, 6) is 0.994. The maximum Gasteiger partial charge on any atom is 0.177 e. The molecule has 3 heterocycles. The van der Waals surface area contributed by atoms with Gasteiger partial charge in [0, 0.05) is 19.2 Å². The number of hydrogen-bond donors (Lipinski definition) is 1. The molecule has 4 heteroatoms. The molecule has 17 heavy (non-hydrogen) atoms. The number of hydrogen-bond acceptors (Lipinski definition) is 3. The molecule has 3 rings (SSSR count). The van der Waals surface area contributed by atoms with E-state index in [9.17, 15) is 0 Å². The fourth-order valence-electron chi connectivity index (χ4n) is 2.36. The summed E-state index contributed by atoms with van der Waals surface area (Å²) >= 11 is 0. The third-order valence-electron chi connectivity index (χ3n) is 3.34. The largest absolute Gasteiger partial charge is 0.378 e. The molecule has 1 unspecified atom stereocenters. The van der Waals surface area contributed by atoms with Crippen LogP contribution in [0.3, 0.4) is 0 Å². The lowest BCUT2D eigenvalue weighted by Crippen LogP contribution is -2.21. The van der Waals surface area contributed by atoms with Gasteiger partial charge >= 0.3 is 0 Å². The van der Waals surface area contributed by atoms with Crippen LogP contribution in [0.25, 0.3) is 11.2 Å². The molecule has 90 valence electrons. The summed E-state index contributed by atoms with van der Waals surface area (Å²) in [6.07, 6.45) is 6.60. The minimum atomic E-state index is 0.324. The topological polar surface area (TPSA) is 50.8 Å². The molecule has 1 saturated heterocycles. The van der Waals surface area contributed by atoms with E-state index in [2.05, 4.69) is 21.9 Å². The fraction of sp³-hybridized carbons (Fsp3) is 0.538. The SMILES string of the molecule is Cc1ccnc2nc(CC3CCCCO3)[nH]c12.